The van der Waals surface area contributed by atoms with Crippen molar-refractivity contribution >= 4 is 8.32 Å². The molecule has 4 heteroatoms. The van der Waals surface area contributed by atoms with Crippen molar-refractivity contribution in [2.45, 2.75) is 83.4 Å². The normalized spacial score (nSPS) is 25.3. The van der Waals surface area contributed by atoms with Crippen molar-refractivity contribution in [3.63, 3.8) is 0 Å². The molecule has 0 aromatic rings. The number of aliphatic hydroxyl groups is 1. The maximum Gasteiger partial charge on any atom is 0.192 e. The van der Waals surface area contributed by atoms with E-state index < -0.39 is 14.4 Å². The Morgan fingerprint density at radius 1 is 1.48 bits per heavy atom. The second kappa shape index (κ2) is 7.25. The fourth-order valence-electron chi connectivity index (χ4n) is 2.24. The molecule has 3 nitrogen and oxygen atoms in total. The Morgan fingerprint density at radius 2 is 2.10 bits per heavy atom. The summed E-state index contributed by atoms with van der Waals surface area (Å²) in [6.45, 7) is 17.5. The zero-order valence-electron chi connectivity index (χ0n) is 14.5. The maximum atomic E-state index is 10.2. The SMILES string of the molecule is C=C=C(C)[C@H](O)C[C@H]1OCCC[C@@H]1O[Si](C)(C)C(C)(C)C. The quantitative estimate of drug-likeness (QED) is 0.615. The molecule has 21 heavy (non-hydrogen) atoms. The highest BCUT2D eigenvalue weighted by Gasteiger charge is 2.41. The van der Waals surface area contributed by atoms with Gasteiger partial charge in [-0.15, -0.1) is 5.73 Å². The second-order valence-corrected chi connectivity index (χ2v) is 12.3. The highest BCUT2D eigenvalue weighted by atomic mass is 28.4. The van der Waals surface area contributed by atoms with Gasteiger partial charge in [0, 0.05) is 13.0 Å². The Bertz CT molecular complexity index is 391. The third-order valence-electron chi connectivity index (χ3n) is 4.87. The molecule has 1 saturated heterocycles. The molecule has 1 aliphatic rings. The summed E-state index contributed by atoms with van der Waals surface area (Å²) < 4.78 is 12.4. The molecule has 1 heterocycles. The van der Waals surface area contributed by atoms with Crippen LogP contribution in [0.25, 0.3) is 0 Å². The smallest absolute Gasteiger partial charge is 0.192 e. The second-order valence-electron chi connectivity index (χ2n) is 7.58. The van der Waals surface area contributed by atoms with Crippen molar-refractivity contribution in [3.05, 3.63) is 17.9 Å². The van der Waals surface area contributed by atoms with Gasteiger partial charge >= 0.3 is 0 Å². The van der Waals surface area contributed by atoms with Gasteiger partial charge < -0.3 is 14.3 Å². The molecule has 0 aliphatic carbocycles. The first kappa shape index (κ1) is 18.7. The largest absolute Gasteiger partial charge is 0.411 e. The molecular weight excluding hydrogens is 280 g/mol. The standard InChI is InChI=1S/C17H32O3Si/c1-8-13(2)14(18)12-16-15(10-9-11-19-16)20-21(6,7)17(3,4)5/h14-16,18H,1,9-12H2,2-7H3/t14-,15+,16-/m1/s1. The molecule has 1 fully saturated rings. The molecule has 1 aliphatic heterocycles. The van der Waals surface area contributed by atoms with Gasteiger partial charge in [-0.2, -0.15) is 0 Å². The van der Waals surface area contributed by atoms with Crippen LogP contribution in [-0.4, -0.2) is 38.3 Å². The predicted molar refractivity (Wildman–Crippen MR) is 90.0 cm³/mol. The van der Waals surface area contributed by atoms with E-state index in [0.717, 1.165) is 25.0 Å². The van der Waals surface area contributed by atoms with Crippen LogP contribution >= 0.6 is 0 Å². The van der Waals surface area contributed by atoms with Crippen LogP contribution in [0.4, 0.5) is 0 Å². The van der Waals surface area contributed by atoms with Crippen LogP contribution in [0.5, 0.6) is 0 Å². The third kappa shape index (κ3) is 5.08. The first-order valence-corrected chi connectivity index (χ1v) is 10.8. The molecule has 1 N–H and O–H groups in total. The van der Waals surface area contributed by atoms with Crippen molar-refractivity contribution in [3.8, 4) is 0 Å². The monoisotopic (exact) mass is 312 g/mol. The van der Waals surface area contributed by atoms with Crippen LogP contribution in [0.15, 0.2) is 17.9 Å². The van der Waals surface area contributed by atoms with E-state index in [1.807, 2.05) is 6.92 Å². The van der Waals surface area contributed by atoms with Crippen molar-refractivity contribution in [1.82, 2.24) is 0 Å². The van der Waals surface area contributed by atoms with Gasteiger partial charge in [-0.05, 0) is 43.5 Å². The lowest BCUT2D eigenvalue weighted by Gasteiger charge is -2.43. The summed E-state index contributed by atoms with van der Waals surface area (Å²) in [6.07, 6.45) is 2.12. The third-order valence-corrected chi connectivity index (χ3v) is 9.37. The lowest BCUT2D eigenvalue weighted by molar-refractivity contribution is -0.0822. The summed E-state index contributed by atoms with van der Waals surface area (Å²) in [6, 6.07) is 0. The molecule has 122 valence electrons. The van der Waals surface area contributed by atoms with E-state index in [1.54, 1.807) is 0 Å². The zero-order valence-corrected chi connectivity index (χ0v) is 15.5. The van der Waals surface area contributed by atoms with Crippen LogP contribution in [0.2, 0.25) is 18.1 Å². The number of hydrogen-bond acceptors (Lipinski definition) is 3. The van der Waals surface area contributed by atoms with Gasteiger partial charge in [0.25, 0.3) is 0 Å². The maximum absolute atomic E-state index is 10.2. The summed E-state index contributed by atoms with van der Waals surface area (Å²) in [5, 5.41) is 10.4. The number of aliphatic hydroxyl groups excluding tert-OH is 1. The van der Waals surface area contributed by atoms with E-state index in [9.17, 15) is 5.11 Å². The average Bonchev–Trinajstić information content (AvgIpc) is 2.38. The van der Waals surface area contributed by atoms with E-state index in [-0.39, 0.29) is 17.2 Å². The number of ether oxygens (including phenoxy) is 1. The average molecular weight is 313 g/mol. The molecule has 0 aromatic carbocycles. The first-order valence-electron chi connectivity index (χ1n) is 7.92. The van der Waals surface area contributed by atoms with Gasteiger partial charge in [0.1, 0.15) is 0 Å². The zero-order chi connectivity index (χ0) is 16.3. The summed E-state index contributed by atoms with van der Waals surface area (Å²) in [5.41, 5.74) is 3.54. The Labute approximate surface area is 131 Å². The molecule has 3 atom stereocenters. The fraction of sp³-hybridized carbons (Fsp3) is 0.824. The molecule has 1 rings (SSSR count). The lowest BCUT2D eigenvalue weighted by Crippen LogP contribution is -2.49. The van der Waals surface area contributed by atoms with E-state index in [2.05, 4.69) is 46.2 Å². The summed E-state index contributed by atoms with van der Waals surface area (Å²) in [7, 11) is -1.82. The summed E-state index contributed by atoms with van der Waals surface area (Å²) in [5.74, 6) is 0. The Hall–Kier alpha value is -0.383. The topological polar surface area (TPSA) is 38.7 Å². The minimum Gasteiger partial charge on any atom is -0.411 e. The van der Waals surface area contributed by atoms with Gasteiger partial charge in [0.2, 0.25) is 0 Å². The highest BCUT2D eigenvalue weighted by Crippen LogP contribution is 2.39. The molecule has 0 amide bonds. The fourth-order valence-corrected chi connectivity index (χ4v) is 3.62. The predicted octanol–water partition coefficient (Wildman–Crippen LogP) is 4.04. The van der Waals surface area contributed by atoms with E-state index in [0.29, 0.717) is 6.42 Å². The first-order chi connectivity index (χ1) is 9.58. The van der Waals surface area contributed by atoms with Crippen LogP contribution in [0.3, 0.4) is 0 Å². The summed E-state index contributed by atoms with van der Waals surface area (Å²) in [4.78, 5) is 0. The minimum atomic E-state index is -1.82. The van der Waals surface area contributed by atoms with Gasteiger partial charge in [0.05, 0.1) is 18.3 Å². The van der Waals surface area contributed by atoms with Crippen molar-refractivity contribution in [2.75, 3.05) is 6.61 Å². The van der Waals surface area contributed by atoms with Crippen molar-refractivity contribution in [1.29, 1.82) is 0 Å². The molecule has 0 spiro atoms. The van der Waals surface area contributed by atoms with Crippen LogP contribution in [0.1, 0.15) is 47.0 Å². The van der Waals surface area contributed by atoms with Gasteiger partial charge in [-0.3, -0.25) is 0 Å². The minimum absolute atomic E-state index is 0.0359. The van der Waals surface area contributed by atoms with E-state index >= 15 is 0 Å². The number of hydrogen-bond donors (Lipinski definition) is 1. The molecule has 0 bridgehead atoms. The molecule has 0 aromatic heterocycles. The Morgan fingerprint density at radius 3 is 2.62 bits per heavy atom. The van der Waals surface area contributed by atoms with Gasteiger partial charge in [-0.25, -0.2) is 0 Å². The molecule has 0 radical (unpaired) electrons. The van der Waals surface area contributed by atoms with Crippen molar-refractivity contribution < 1.29 is 14.3 Å². The Kier molecular flexibility index (Phi) is 6.45. The molecule has 0 unspecified atom stereocenters. The number of rotatable bonds is 5. The lowest BCUT2D eigenvalue weighted by atomic mass is 9.97. The van der Waals surface area contributed by atoms with Crippen LogP contribution in [-0.2, 0) is 9.16 Å². The van der Waals surface area contributed by atoms with E-state index in [4.69, 9.17) is 9.16 Å². The Balaban J connectivity index is 2.76. The molecular formula is C17H32O3Si. The van der Waals surface area contributed by atoms with Crippen LogP contribution < -0.4 is 0 Å². The molecule has 0 saturated carbocycles. The van der Waals surface area contributed by atoms with E-state index in [1.165, 1.54) is 0 Å². The van der Waals surface area contributed by atoms with Gasteiger partial charge in [-0.1, -0.05) is 27.4 Å². The van der Waals surface area contributed by atoms with Crippen LogP contribution in [0, 0.1) is 0 Å². The summed E-state index contributed by atoms with van der Waals surface area (Å²) >= 11 is 0. The van der Waals surface area contributed by atoms with Gasteiger partial charge in [0.15, 0.2) is 8.32 Å². The van der Waals surface area contributed by atoms with Crippen molar-refractivity contribution in [2.24, 2.45) is 0 Å². The highest BCUT2D eigenvalue weighted by molar-refractivity contribution is 6.74.